The Kier molecular flexibility index (Phi) is 3.43. The normalized spacial score (nSPS) is 12.5. The van der Waals surface area contributed by atoms with Crippen molar-refractivity contribution in [1.29, 1.82) is 0 Å². The minimum Gasteiger partial charge on any atom is -0.444 e. The lowest BCUT2D eigenvalue weighted by molar-refractivity contribution is 0.0931. The minimum atomic E-state index is -0.256. The number of nitrogens with one attached hydrogen (secondary N) is 2. The van der Waals surface area contributed by atoms with E-state index < -0.39 is 0 Å². The van der Waals surface area contributed by atoms with E-state index in [1.165, 1.54) is 0 Å². The molecule has 3 rings (SSSR count). The number of benzene rings is 1. The van der Waals surface area contributed by atoms with Crippen LogP contribution in [0.1, 0.15) is 35.1 Å². The van der Waals surface area contributed by atoms with E-state index in [0.29, 0.717) is 22.4 Å². The number of halogens is 1. The highest BCUT2D eigenvalue weighted by Crippen LogP contribution is 2.21. The fourth-order valence-corrected chi connectivity index (χ4v) is 2.33. The fraction of sp³-hybridized carbons (Fsp3) is 0.200. The number of hydrogen-bond donors (Lipinski definition) is 2. The summed E-state index contributed by atoms with van der Waals surface area (Å²) >= 11 is 5.94. The Morgan fingerprint density at radius 1 is 1.43 bits per heavy atom. The lowest BCUT2D eigenvalue weighted by atomic mass is 10.2. The summed E-state index contributed by atoms with van der Waals surface area (Å²) in [5.74, 6) is 0.996. The van der Waals surface area contributed by atoms with Gasteiger partial charge >= 0.3 is 0 Å². The standard InChI is InChI=1S/C15H14ClN3O2/c1-8(14-7-17-9(2)21-14)18-15(20)13-6-10-5-11(16)3-4-12(10)19-13/h3-8,19H,1-2H3,(H,18,20). The maximum Gasteiger partial charge on any atom is 0.268 e. The molecule has 1 aromatic carbocycles. The maximum atomic E-state index is 12.3. The molecular formula is C15H14ClN3O2. The number of H-pyrrole nitrogens is 1. The Hall–Kier alpha value is -2.27. The number of hydrogen-bond acceptors (Lipinski definition) is 3. The molecular weight excluding hydrogens is 290 g/mol. The third-order valence-corrected chi connectivity index (χ3v) is 3.48. The number of aromatic amines is 1. The zero-order valence-electron chi connectivity index (χ0n) is 11.6. The van der Waals surface area contributed by atoms with Crippen molar-refractivity contribution >= 4 is 28.4 Å². The molecule has 0 saturated carbocycles. The largest absolute Gasteiger partial charge is 0.444 e. The molecule has 5 nitrogen and oxygen atoms in total. The maximum absolute atomic E-state index is 12.3. The molecule has 2 aromatic heterocycles. The number of fused-ring (bicyclic) bond motifs is 1. The van der Waals surface area contributed by atoms with Crippen LogP contribution in [0.3, 0.4) is 0 Å². The molecule has 1 amide bonds. The van der Waals surface area contributed by atoms with Gasteiger partial charge in [-0.1, -0.05) is 11.6 Å². The summed E-state index contributed by atoms with van der Waals surface area (Å²) in [7, 11) is 0. The summed E-state index contributed by atoms with van der Waals surface area (Å²) in [6, 6.07) is 6.95. The summed E-state index contributed by atoms with van der Waals surface area (Å²) in [4.78, 5) is 19.3. The van der Waals surface area contributed by atoms with E-state index in [0.717, 1.165) is 10.9 Å². The van der Waals surface area contributed by atoms with Crippen LogP contribution >= 0.6 is 11.6 Å². The topological polar surface area (TPSA) is 70.9 Å². The van der Waals surface area contributed by atoms with Gasteiger partial charge in [0, 0.05) is 22.8 Å². The number of aryl methyl sites for hydroxylation is 1. The number of carbonyl (C=O) groups is 1. The van der Waals surface area contributed by atoms with E-state index in [4.69, 9.17) is 16.0 Å². The molecule has 21 heavy (non-hydrogen) atoms. The molecule has 0 aliphatic rings. The number of nitrogens with zero attached hydrogens (tertiary/aromatic N) is 1. The van der Waals surface area contributed by atoms with Crippen molar-refractivity contribution < 1.29 is 9.21 Å². The van der Waals surface area contributed by atoms with Crippen LogP contribution in [-0.4, -0.2) is 15.9 Å². The van der Waals surface area contributed by atoms with Crippen molar-refractivity contribution in [2.45, 2.75) is 19.9 Å². The molecule has 3 aromatic rings. The van der Waals surface area contributed by atoms with E-state index in [9.17, 15) is 4.79 Å². The van der Waals surface area contributed by atoms with Crippen molar-refractivity contribution in [3.05, 3.63) is 52.8 Å². The Bertz CT molecular complexity index is 806. The van der Waals surface area contributed by atoms with Gasteiger partial charge in [0.2, 0.25) is 0 Å². The van der Waals surface area contributed by atoms with Gasteiger partial charge in [0.05, 0.1) is 12.2 Å². The molecule has 108 valence electrons. The second-order valence-electron chi connectivity index (χ2n) is 4.89. The average molecular weight is 304 g/mol. The second-order valence-corrected chi connectivity index (χ2v) is 5.33. The van der Waals surface area contributed by atoms with Crippen LogP contribution in [0.25, 0.3) is 10.9 Å². The molecule has 1 atom stereocenters. The zero-order valence-corrected chi connectivity index (χ0v) is 12.4. The van der Waals surface area contributed by atoms with E-state index in [1.54, 1.807) is 25.3 Å². The van der Waals surface area contributed by atoms with Crippen molar-refractivity contribution in [1.82, 2.24) is 15.3 Å². The summed E-state index contributed by atoms with van der Waals surface area (Å²) in [5, 5.41) is 4.40. The smallest absolute Gasteiger partial charge is 0.268 e. The molecule has 0 fully saturated rings. The number of rotatable bonds is 3. The predicted molar refractivity (Wildman–Crippen MR) is 80.4 cm³/mol. The third kappa shape index (κ3) is 2.78. The Morgan fingerprint density at radius 3 is 2.95 bits per heavy atom. The zero-order chi connectivity index (χ0) is 15.0. The quantitative estimate of drug-likeness (QED) is 0.776. The molecule has 6 heteroatoms. The van der Waals surface area contributed by atoms with Crippen LogP contribution in [0.2, 0.25) is 5.02 Å². The molecule has 0 radical (unpaired) electrons. The van der Waals surface area contributed by atoms with Gasteiger partial charge in [0.1, 0.15) is 11.5 Å². The summed E-state index contributed by atoms with van der Waals surface area (Å²) in [6.07, 6.45) is 1.62. The SMILES string of the molecule is Cc1ncc(C(C)NC(=O)c2cc3cc(Cl)ccc3[nH]2)o1. The number of amides is 1. The lowest BCUT2D eigenvalue weighted by Crippen LogP contribution is -2.26. The van der Waals surface area contributed by atoms with Crippen LogP contribution in [0, 0.1) is 6.92 Å². The molecule has 2 heterocycles. The highest BCUT2D eigenvalue weighted by atomic mass is 35.5. The Labute approximate surface area is 126 Å². The molecule has 0 aliphatic carbocycles. The first-order chi connectivity index (χ1) is 10.0. The van der Waals surface area contributed by atoms with Crippen molar-refractivity contribution in [2.75, 3.05) is 0 Å². The summed E-state index contributed by atoms with van der Waals surface area (Å²) in [5.41, 5.74) is 1.35. The molecule has 1 unspecified atom stereocenters. The highest BCUT2D eigenvalue weighted by Gasteiger charge is 2.16. The Morgan fingerprint density at radius 2 is 2.24 bits per heavy atom. The van der Waals surface area contributed by atoms with Crippen molar-refractivity contribution in [3.8, 4) is 0 Å². The van der Waals surface area contributed by atoms with E-state index in [-0.39, 0.29) is 11.9 Å². The molecule has 2 N–H and O–H groups in total. The minimum absolute atomic E-state index is 0.205. The summed E-state index contributed by atoms with van der Waals surface area (Å²) < 4.78 is 5.40. The van der Waals surface area contributed by atoms with Gasteiger partial charge in [-0.05, 0) is 31.2 Å². The first-order valence-corrected chi connectivity index (χ1v) is 6.92. The fourth-order valence-electron chi connectivity index (χ4n) is 2.15. The predicted octanol–water partition coefficient (Wildman–Crippen LogP) is 3.61. The second kappa shape index (κ2) is 5.26. The number of oxazole rings is 1. The third-order valence-electron chi connectivity index (χ3n) is 3.24. The van der Waals surface area contributed by atoms with Crippen LogP contribution in [0.15, 0.2) is 34.9 Å². The van der Waals surface area contributed by atoms with Crippen molar-refractivity contribution in [3.63, 3.8) is 0 Å². The van der Waals surface area contributed by atoms with E-state index in [2.05, 4.69) is 15.3 Å². The molecule has 0 spiro atoms. The van der Waals surface area contributed by atoms with Crippen LogP contribution in [-0.2, 0) is 0 Å². The number of aromatic nitrogens is 2. The van der Waals surface area contributed by atoms with Gasteiger partial charge in [-0.3, -0.25) is 4.79 Å². The molecule has 0 saturated heterocycles. The lowest BCUT2D eigenvalue weighted by Gasteiger charge is -2.09. The van der Waals surface area contributed by atoms with E-state index in [1.807, 2.05) is 19.1 Å². The van der Waals surface area contributed by atoms with Gasteiger partial charge in [0.25, 0.3) is 5.91 Å². The molecule has 0 bridgehead atoms. The summed E-state index contributed by atoms with van der Waals surface area (Å²) in [6.45, 7) is 3.61. The van der Waals surface area contributed by atoms with Crippen LogP contribution < -0.4 is 5.32 Å². The van der Waals surface area contributed by atoms with Crippen molar-refractivity contribution in [2.24, 2.45) is 0 Å². The highest BCUT2D eigenvalue weighted by molar-refractivity contribution is 6.31. The van der Waals surface area contributed by atoms with Crippen LogP contribution in [0.4, 0.5) is 0 Å². The Balaban J connectivity index is 1.80. The van der Waals surface area contributed by atoms with E-state index >= 15 is 0 Å². The van der Waals surface area contributed by atoms with Crippen LogP contribution in [0.5, 0.6) is 0 Å². The van der Waals surface area contributed by atoms with Gasteiger partial charge in [-0.25, -0.2) is 4.98 Å². The molecule has 0 aliphatic heterocycles. The van der Waals surface area contributed by atoms with Gasteiger partial charge in [-0.2, -0.15) is 0 Å². The number of carbonyl (C=O) groups excluding carboxylic acids is 1. The first-order valence-electron chi connectivity index (χ1n) is 6.54. The average Bonchev–Trinajstić information content (AvgIpc) is 3.04. The monoisotopic (exact) mass is 303 g/mol. The van der Waals surface area contributed by atoms with Gasteiger partial charge < -0.3 is 14.7 Å². The van der Waals surface area contributed by atoms with Gasteiger partial charge in [-0.15, -0.1) is 0 Å². The van der Waals surface area contributed by atoms with Gasteiger partial charge in [0.15, 0.2) is 5.89 Å². The first kappa shape index (κ1) is 13.7.